The van der Waals surface area contributed by atoms with Gasteiger partial charge < -0.3 is 10.2 Å². The van der Waals surface area contributed by atoms with Gasteiger partial charge in [0.1, 0.15) is 0 Å². The van der Waals surface area contributed by atoms with Crippen LogP contribution in [-0.2, 0) is 0 Å². The van der Waals surface area contributed by atoms with Crippen molar-refractivity contribution in [2.45, 2.75) is 25.8 Å². The number of carbonyl (C=O) groups is 1. The first kappa shape index (κ1) is 20.6. The Morgan fingerprint density at radius 3 is 2.68 bits per heavy atom. The van der Waals surface area contributed by atoms with Crippen molar-refractivity contribution in [3.8, 4) is 5.69 Å². The van der Waals surface area contributed by atoms with Crippen molar-refractivity contribution in [3.63, 3.8) is 0 Å². The van der Waals surface area contributed by atoms with E-state index in [2.05, 4.69) is 40.6 Å². The van der Waals surface area contributed by atoms with Crippen LogP contribution in [-0.4, -0.2) is 41.2 Å². The number of thiophene rings is 1. The number of aromatic nitrogens is 2. The van der Waals surface area contributed by atoms with Crippen LogP contribution in [0.25, 0.3) is 5.69 Å². The molecule has 1 amide bonds. The van der Waals surface area contributed by atoms with Gasteiger partial charge in [-0.05, 0) is 49.7 Å². The fraction of sp³-hybridized carbons (Fsp3) is 0.333. The van der Waals surface area contributed by atoms with Crippen LogP contribution >= 0.6 is 22.9 Å². The van der Waals surface area contributed by atoms with E-state index in [-0.39, 0.29) is 17.9 Å². The van der Waals surface area contributed by atoms with Gasteiger partial charge in [0, 0.05) is 16.4 Å². The van der Waals surface area contributed by atoms with Crippen LogP contribution in [0.4, 0.5) is 0 Å². The summed E-state index contributed by atoms with van der Waals surface area (Å²) in [6, 6.07) is 11.7. The smallest absolute Gasteiger partial charge is 0.254 e. The topological polar surface area (TPSA) is 50.2 Å². The first-order valence-electron chi connectivity index (χ1n) is 9.20. The van der Waals surface area contributed by atoms with Gasteiger partial charge in [-0.3, -0.25) is 4.79 Å². The largest absolute Gasteiger partial charge is 0.350 e. The summed E-state index contributed by atoms with van der Waals surface area (Å²) < 4.78 is 1.80. The Balaban J connectivity index is 1.84. The summed E-state index contributed by atoms with van der Waals surface area (Å²) in [5, 5.41) is 10.3. The van der Waals surface area contributed by atoms with E-state index in [1.165, 1.54) is 4.88 Å². The molecule has 1 aromatic carbocycles. The molecule has 0 spiro atoms. The molecule has 0 aliphatic rings. The van der Waals surface area contributed by atoms with Crippen LogP contribution < -0.4 is 5.32 Å². The fourth-order valence-corrected chi connectivity index (χ4v) is 4.31. The Hall–Kier alpha value is -2.15. The lowest BCUT2D eigenvalue weighted by Crippen LogP contribution is -2.34. The highest BCUT2D eigenvalue weighted by atomic mass is 35.5. The van der Waals surface area contributed by atoms with Gasteiger partial charge in [-0.1, -0.05) is 37.6 Å². The third-order valence-electron chi connectivity index (χ3n) is 4.60. The van der Waals surface area contributed by atoms with Gasteiger partial charge in [-0.25, -0.2) is 4.68 Å². The Labute approximate surface area is 174 Å². The van der Waals surface area contributed by atoms with Gasteiger partial charge >= 0.3 is 0 Å². The number of amides is 1. The quantitative estimate of drug-likeness (QED) is 0.605. The Morgan fingerprint density at radius 2 is 2.07 bits per heavy atom. The predicted molar refractivity (Wildman–Crippen MR) is 116 cm³/mol. The van der Waals surface area contributed by atoms with E-state index in [9.17, 15) is 4.79 Å². The number of halogens is 1. The molecule has 1 N–H and O–H groups in total. The summed E-state index contributed by atoms with van der Waals surface area (Å²) in [6.07, 6.45) is 1.64. The van der Waals surface area contributed by atoms with Crippen molar-refractivity contribution in [2.75, 3.05) is 20.6 Å². The lowest BCUT2D eigenvalue weighted by atomic mass is 10.0. The molecule has 2 heterocycles. The van der Waals surface area contributed by atoms with Crippen LogP contribution in [0.1, 0.15) is 46.7 Å². The van der Waals surface area contributed by atoms with Crippen molar-refractivity contribution in [2.24, 2.45) is 0 Å². The molecule has 1 unspecified atom stereocenters. The lowest BCUT2D eigenvalue weighted by molar-refractivity contribution is 0.0941. The average molecular weight is 417 g/mol. The fourth-order valence-electron chi connectivity index (χ4n) is 3.21. The average Bonchev–Trinajstić information content (AvgIpc) is 3.31. The molecule has 5 nitrogen and oxygen atoms in total. The number of carbonyl (C=O) groups excluding carboxylic acids is 1. The molecule has 0 radical (unpaired) electrons. The molecule has 28 heavy (non-hydrogen) atoms. The Kier molecular flexibility index (Phi) is 6.54. The highest BCUT2D eigenvalue weighted by Gasteiger charge is 2.23. The van der Waals surface area contributed by atoms with E-state index in [1.54, 1.807) is 22.2 Å². The monoisotopic (exact) mass is 416 g/mol. The van der Waals surface area contributed by atoms with E-state index in [0.29, 0.717) is 17.1 Å². The summed E-state index contributed by atoms with van der Waals surface area (Å²) in [4.78, 5) is 16.3. The Morgan fingerprint density at radius 1 is 1.29 bits per heavy atom. The summed E-state index contributed by atoms with van der Waals surface area (Å²) in [6.45, 7) is 4.65. The molecule has 0 aliphatic heterocycles. The van der Waals surface area contributed by atoms with Crippen molar-refractivity contribution in [1.29, 1.82) is 0 Å². The number of hydrogen-bond donors (Lipinski definition) is 1. The van der Waals surface area contributed by atoms with Crippen molar-refractivity contribution < 1.29 is 4.79 Å². The number of benzene rings is 1. The maximum absolute atomic E-state index is 13.0. The SMILES string of the molecule is CC(C)c1c(C(=O)NCC(c2cccs2)N(C)C)cnn1-c1cccc(Cl)c1. The van der Waals surface area contributed by atoms with Crippen LogP contribution in [0, 0.1) is 0 Å². The minimum absolute atomic E-state index is 0.111. The van der Waals surface area contributed by atoms with E-state index in [4.69, 9.17) is 11.6 Å². The second-order valence-corrected chi connectivity index (χ2v) is 8.61. The second-order valence-electron chi connectivity index (χ2n) is 7.19. The molecule has 3 rings (SSSR count). The molecule has 2 aromatic heterocycles. The van der Waals surface area contributed by atoms with Crippen LogP contribution in [0.5, 0.6) is 0 Å². The molecular weight excluding hydrogens is 392 g/mol. The number of likely N-dealkylation sites (N-methyl/N-ethyl adjacent to an activating group) is 1. The van der Waals surface area contributed by atoms with Gasteiger partial charge in [-0.2, -0.15) is 5.10 Å². The highest BCUT2D eigenvalue weighted by molar-refractivity contribution is 7.10. The van der Waals surface area contributed by atoms with Crippen LogP contribution in [0.2, 0.25) is 5.02 Å². The molecule has 3 aromatic rings. The normalized spacial score (nSPS) is 12.5. The Bertz CT molecular complexity index is 934. The van der Waals surface area contributed by atoms with Crippen LogP contribution in [0.3, 0.4) is 0 Å². The van der Waals surface area contributed by atoms with Crippen LogP contribution in [0.15, 0.2) is 48.0 Å². The summed E-state index contributed by atoms with van der Waals surface area (Å²) in [5.41, 5.74) is 2.32. The van der Waals surface area contributed by atoms with Crippen molar-refractivity contribution >= 4 is 28.8 Å². The zero-order chi connectivity index (χ0) is 20.3. The molecule has 1 atom stereocenters. The van der Waals surface area contributed by atoms with Gasteiger partial charge in [0.15, 0.2) is 0 Å². The molecule has 7 heteroatoms. The summed E-state index contributed by atoms with van der Waals surface area (Å²) >= 11 is 7.83. The highest BCUT2D eigenvalue weighted by Crippen LogP contribution is 2.25. The van der Waals surface area contributed by atoms with E-state index in [1.807, 2.05) is 44.4 Å². The zero-order valence-electron chi connectivity index (χ0n) is 16.5. The number of rotatable bonds is 7. The molecule has 0 saturated heterocycles. The van der Waals surface area contributed by atoms with Crippen molar-refractivity contribution in [3.05, 3.63) is 69.1 Å². The minimum Gasteiger partial charge on any atom is -0.350 e. The first-order chi connectivity index (χ1) is 13.4. The summed E-state index contributed by atoms with van der Waals surface area (Å²) in [7, 11) is 4.04. The number of nitrogens with one attached hydrogen (secondary N) is 1. The van der Waals surface area contributed by atoms with Gasteiger partial charge in [-0.15, -0.1) is 11.3 Å². The number of hydrogen-bond acceptors (Lipinski definition) is 4. The van der Waals surface area contributed by atoms with E-state index in [0.717, 1.165) is 11.4 Å². The molecular formula is C21H25ClN4OS. The molecule has 0 fully saturated rings. The van der Waals surface area contributed by atoms with Gasteiger partial charge in [0.25, 0.3) is 5.91 Å². The standard InChI is InChI=1S/C21H25ClN4OS/c1-14(2)20-17(12-24-26(20)16-8-5-7-15(22)11-16)21(27)23-13-18(25(3)4)19-9-6-10-28-19/h5-12,14,18H,13H2,1-4H3,(H,23,27). The number of nitrogens with zero attached hydrogens (tertiary/aromatic N) is 3. The first-order valence-corrected chi connectivity index (χ1v) is 10.5. The molecule has 0 bridgehead atoms. The van der Waals surface area contributed by atoms with E-state index >= 15 is 0 Å². The zero-order valence-corrected chi connectivity index (χ0v) is 18.1. The molecule has 0 saturated carbocycles. The van der Waals surface area contributed by atoms with Gasteiger partial charge in [0.2, 0.25) is 0 Å². The van der Waals surface area contributed by atoms with E-state index < -0.39 is 0 Å². The maximum atomic E-state index is 13.0. The third-order valence-corrected chi connectivity index (χ3v) is 5.81. The van der Waals surface area contributed by atoms with Gasteiger partial charge in [0.05, 0.1) is 29.2 Å². The maximum Gasteiger partial charge on any atom is 0.254 e. The minimum atomic E-state index is -0.111. The third kappa shape index (κ3) is 4.46. The van der Waals surface area contributed by atoms with Crippen molar-refractivity contribution in [1.82, 2.24) is 20.0 Å². The summed E-state index contributed by atoms with van der Waals surface area (Å²) in [5.74, 6) is 0.0181. The molecule has 0 aliphatic carbocycles. The predicted octanol–water partition coefficient (Wildman–Crippen LogP) is 4.74. The lowest BCUT2D eigenvalue weighted by Gasteiger charge is -2.23. The second kappa shape index (κ2) is 8.90. The molecule has 148 valence electrons.